The Morgan fingerprint density at radius 3 is 1.42 bits per heavy atom. The van der Waals surface area contributed by atoms with E-state index in [9.17, 15) is 9.90 Å². The van der Waals surface area contributed by atoms with Crippen molar-refractivity contribution < 1.29 is 19.4 Å². The zero-order chi connectivity index (χ0) is 34.9. The number of aliphatic hydroxyl groups is 1. The predicted octanol–water partition coefficient (Wildman–Crippen LogP) is 13.3. The van der Waals surface area contributed by atoms with Gasteiger partial charge >= 0.3 is 5.97 Å². The van der Waals surface area contributed by atoms with Crippen LogP contribution in [0.25, 0.3) is 0 Å². The van der Waals surface area contributed by atoms with Gasteiger partial charge in [-0.15, -0.1) is 0 Å². The van der Waals surface area contributed by atoms with E-state index >= 15 is 0 Å². The molecule has 0 aliphatic heterocycles. The second kappa shape index (κ2) is 41.3. The van der Waals surface area contributed by atoms with E-state index in [-0.39, 0.29) is 19.2 Å². The van der Waals surface area contributed by atoms with E-state index in [2.05, 4.69) is 74.6 Å². The van der Waals surface area contributed by atoms with Crippen molar-refractivity contribution in [2.75, 3.05) is 19.8 Å². The van der Waals surface area contributed by atoms with Gasteiger partial charge < -0.3 is 14.6 Å². The van der Waals surface area contributed by atoms with E-state index in [1.165, 1.54) is 103 Å². The van der Waals surface area contributed by atoms with Gasteiger partial charge in [0.2, 0.25) is 0 Å². The molecule has 0 saturated carbocycles. The van der Waals surface area contributed by atoms with E-state index in [0.29, 0.717) is 13.0 Å². The van der Waals surface area contributed by atoms with Crippen LogP contribution in [0.1, 0.15) is 187 Å². The second-order valence-electron chi connectivity index (χ2n) is 13.3. The highest BCUT2D eigenvalue weighted by atomic mass is 16.6. The average Bonchev–Trinajstić information content (AvgIpc) is 3.09. The minimum absolute atomic E-state index is 0.183. The smallest absolute Gasteiger partial charge is 0.306 e. The molecule has 0 amide bonds. The summed E-state index contributed by atoms with van der Waals surface area (Å²) in [6, 6.07) is 0. The molecule has 0 aliphatic carbocycles. The Hall–Kier alpha value is -1.91. The van der Waals surface area contributed by atoms with Crippen LogP contribution in [-0.2, 0) is 14.3 Å². The Labute approximate surface area is 298 Å². The monoisotopic (exact) mass is 671 g/mol. The van der Waals surface area contributed by atoms with Crippen LogP contribution in [0.5, 0.6) is 0 Å². The summed E-state index contributed by atoms with van der Waals surface area (Å²) in [6.45, 7) is 5.18. The van der Waals surface area contributed by atoms with Crippen molar-refractivity contribution in [3.63, 3.8) is 0 Å². The number of rotatable bonds is 37. The number of aliphatic hydroxyl groups excluding tert-OH is 1. The third kappa shape index (κ3) is 38.5. The first-order valence-corrected chi connectivity index (χ1v) is 20.4. The van der Waals surface area contributed by atoms with Crippen LogP contribution in [0.15, 0.2) is 60.8 Å². The molecule has 0 aliphatic rings. The van der Waals surface area contributed by atoms with Crippen LogP contribution >= 0.6 is 0 Å². The van der Waals surface area contributed by atoms with Gasteiger partial charge in [-0.2, -0.15) is 0 Å². The quantitative estimate of drug-likeness (QED) is 0.0406. The van der Waals surface area contributed by atoms with Crippen molar-refractivity contribution in [1.29, 1.82) is 0 Å². The van der Waals surface area contributed by atoms with Crippen LogP contribution in [0.3, 0.4) is 0 Å². The molecule has 0 rings (SSSR count). The van der Waals surface area contributed by atoms with Gasteiger partial charge in [0.15, 0.2) is 0 Å². The van der Waals surface area contributed by atoms with Gasteiger partial charge in [0, 0.05) is 13.0 Å². The minimum Gasteiger partial charge on any atom is -0.457 e. The molecule has 0 heterocycles. The van der Waals surface area contributed by atoms with E-state index in [4.69, 9.17) is 9.47 Å². The number of hydrogen-bond donors (Lipinski definition) is 1. The van der Waals surface area contributed by atoms with Crippen LogP contribution in [0, 0.1) is 0 Å². The Bertz CT molecular complexity index is 794. The highest BCUT2D eigenvalue weighted by Crippen LogP contribution is 2.14. The largest absolute Gasteiger partial charge is 0.457 e. The maximum Gasteiger partial charge on any atom is 0.306 e. The lowest BCUT2D eigenvalue weighted by Crippen LogP contribution is -2.27. The topological polar surface area (TPSA) is 55.8 Å². The Balaban J connectivity index is 3.50. The molecule has 0 fully saturated rings. The van der Waals surface area contributed by atoms with Gasteiger partial charge in [-0.05, 0) is 57.8 Å². The standard InChI is InChI=1S/C44H78O4/c1-3-5-7-9-11-13-15-17-19-21-22-23-24-26-28-30-32-34-36-38-40-47-42-43(41-45)48-44(46)39-37-35-33-31-29-27-25-20-18-16-14-12-10-8-6-4-2/h5,7,11,13,17,19,22-23,26,28,43,45H,3-4,6,8-10,12,14-16,18,20-21,24-25,27,29-42H2,1-2H3/b7-5-,13-11-,19-17-,23-22-,28-26-. The van der Waals surface area contributed by atoms with Gasteiger partial charge in [0.1, 0.15) is 6.10 Å². The summed E-state index contributed by atoms with van der Waals surface area (Å²) in [6.07, 6.45) is 54.1. The fraction of sp³-hybridized carbons (Fsp3) is 0.750. The first kappa shape index (κ1) is 46.1. The lowest BCUT2D eigenvalue weighted by molar-refractivity contribution is -0.154. The van der Waals surface area contributed by atoms with Crippen molar-refractivity contribution in [3.05, 3.63) is 60.8 Å². The molecule has 4 heteroatoms. The minimum atomic E-state index is -0.547. The van der Waals surface area contributed by atoms with Crippen molar-refractivity contribution in [2.24, 2.45) is 0 Å². The number of hydrogen-bond acceptors (Lipinski definition) is 4. The molecule has 0 radical (unpaired) electrons. The van der Waals surface area contributed by atoms with Crippen LogP contribution in [0.2, 0.25) is 0 Å². The summed E-state index contributed by atoms with van der Waals surface area (Å²) < 4.78 is 11.1. The van der Waals surface area contributed by atoms with Gasteiger partial charge in [0.05, 0.1) is 13.2 Å². The first-order valence-electron chi connectivity index (χ1n) is 20.4. The second-order valence-corrected chi connectivity index (χ2v) is 13.3. The highest BCUT2D eigenvalue weighted by Gasteiger charge is 2.13. The van der Waals surface area contributed by atoms with E-state index in [1.807, 2.05) is 0 Å². The van der Waals surface area contributed by atoms with Gasteiger partial charge in [0.25, 0.3) is 0 Å². The molecule has 0 spiro atoms. The molecular formula is C44H78O4. The fourth-order valence-electron chi connectivity index (χ4n) is 5.59. The van der Waals surface area contributed by atoms with Crippen molar-refractivity contribution in [3.8, 4) is 0 Å². The summed E-state index contributed by atoms with van der Waals surface area (Å²) in [5.41, 5.74) is 0. The van der Waals surface area contributed by atoms with E-state index < -0.39 is 6.10 Å². The Kier molecular flexibility index (Phi) is 39.6. The molecule has 0 aromatic heterocycles. The summed E-state index contributed by atoms with van der Waals surface area (Å²) in [7, 11) is 0. The molecule has 0 saturated heterocycles. The molecule has 1 atom stereocenters. The van der Waals surface area contributed by atoms with Crippen LogP contribution in [-0.4, -0.2) is 37.0 Å². The Morgan fingerprint density at radius 2 is 0.938 bits per heavy atom. The zero-order valence-corrected chi connectivity index (χ0v) is 31.7. The number of unbranched alkanes of at least 4 members (excludes halogenated alkanes) is 19. The van der Waals surface area contributed by atoms with Crippen molar-refractivity contribution >= 4 is 5.97 Å². The summed E-state index contributed by atoms with van der Waals surface area (Å²) >= 11 is 0. The van der Waals surface area contributed by atoms with Crippen LogP contribution in [0.4, 0.5) is 0 Å². The Morgan fingerprint density at radius 1 is 0.521 bits per heavy atom. The van der Waals surface area contributed by atoms with Crippen LogP contribution < -0.4 is 0 Å². The number of ether oxygens (including phenoxy) is 2. The molecule has 0 bridgehead atoms. The molecule has 1 unspecified atom stereocenters. The van der Waals surface area contributed by atoms with E-state index in [0.717, 1.165) is 64.2 Å². The third-order valence-corrected chi connectivity index (χ3v) is 8.61. The van der Waals surface area contributed by atoms with Gasteiger partial charge in [-0.3, -0.25) is 4.79 Å². The molecule has 4 nitrogen and oxygen atoms in total. The molecule has 278 valence electrons. The summed E-state index contributed by atoms with van der Waals surface area (Å²) in [5, 5.41) is 9.58. The lowest BCUT2D eigenvalue weighted by atomic mass is 10.0. The lowest BCUT2D eigenvalue weighted by Gasteiger charge is -2.15. The number of carbonyl (C=O) groups excluding carboxylic acids is 1. The number of carbonyl (C=O) groups is 1. The highest BCUT2D eigenvalue weighted by molar-refractivity contribution is 5.69. The number of allylic oxidation sites excluding steroid dienone is 10. The maximum absolute atomic E-state index is 12.2. The SMILES string of the molecule is CC/C=C\C/C=C\C/C=C\C/C=C\C/C=C\CCCCCCOCC(CO)OC(=O)CCCCCCCCCCCCCCCCCC. The van der Waals surface area contributed by atoms with Gasteiger partial charge in [-0.25, -0.2) is 0 Å². The maximum atomic E-state index is 12.2. The third-order valence-electron chi connectivity index (χ3n) is 8.61. The molecule has 0 aromatic rings. The normalized spacial score (nSPS) is 13.0. The summed E-state index contributed by atoms with van der Waals surface area (Å²) in [4.78, 5) is 12.2. The number of esters is 1. The molecule has 48 heavy (non-hydrogen) atoms. The van der Waals surface area contributed by atoms with Crippen molar-refractivity contribution in [1.82, 2.24) is 0 Å². The predicted molar refractivity (Wildman–Crippen MR) is 209 cm³/mol. The zero-order valence-electron chi connectivity index (χ0n) is 31.7. The molecular weight excluding hydrogens is 592 g/mol. The van der Waals surface area contributed by atoms with Crippen molar-refractivity contribution in [2.45, 2.75) is 193 Å². The molecule has 0 aromatic carbocycles. The fourth-order valence-corrected chi connectivity index (χ4v) is 5.59. The van der Waals surface area contributed by atoms with E-state index in [1.54, 1.807) is 0 Å². The van der Waals surface area contributed by atoms with Gasteiger partial charge in [-0.1, -0.05) is 184 Å². The first-order chi connectivity index (χ1) is 23.7. The molecule has 1 N–H and O–H groups in total. The summed E-state index contributed by atoms with van der Waals surface area (Å²) in [5.74, 6) is -0.210. The average molecular weight is 671 g/mol.